The smallest absolute Gasteiger partial charge is 0.229 e. The van der Waals surface area contributed by atoms with E-state index in [-0.39, 0.29) is 11.8 Å². The van der Waals surface area contributed by atoms with Gasteiger partial charge in [0.05, 0.1) is 5.92 Å². The molecule has 1 aromatic carbocycles. The van der Waals surface area contributed by atoms with Crippen LogP contribution in [0.1, 0.15) is 18.7 Å². The number of fused-ring (bicyclic) bond motifs is 1. The molecule has 1 aliphatic heterocycles. The maximum atomic E-state index is 12.6. The number of aryl methyl sites for hydroxylation is 1. The molecule has 3 heterocycles. The zero-order valence-corrected chi connectivity index (χ0v) is 14.1. The van der Waals surface area contributed by atoms with Crippen LogP contribution in [0.4, 0.5) is 11.5 Å². The molecule has 0 spiro atoms. The Hall–Kier alpha value is -2.96. The van der Waals surface area contributed by atoms with Crippen molar-refractivity contribution in [2.75, 3.05) is 23.3 Å². The van der Waals surface area contributed by atoms with Gasteiger partial charge in [-0.2, -0.15) is 4.52 Å². The molecule has 1 fully saturated rings. The number of hydrogen-bond acceptors (Lipinski definition) is 5. The quantitative estimate of drug-likeness (QED) is 0.794. The van der Waals surface area contributed by atoms with E-state index in [2.05, 4.69) is 25.5 Å². The van der Waals surface area contributed by atoms with Gasteiger partial charge < -0.3 is 10.2 Å². The SMILES string of the molecule is Cc1nnc2ccc(N3CCCC(C(=O)Nc4ccccc4)C3)nn12. The van der Waals surface area contributed by atoms with Gasteiger partial charge >= 0.3 is 0 Å². The molecular formula is C18H20N6O. The molecule has 25 heavy (non-hydrogen) atoms. The summed E-state index contributed by atoms with van der Waals surface area (Å²) in [5.41, 5.74) is 1.57. The fourth-order valence-electron chi connectivity index (χ4n) is 3.22. The Morgan fingerprint density at radius 1 is 1.16 bits per heavy atom. The van der Waals surface area contributed by atoms with Crippen LogP contribution in [-0.2, 0) is 4.79 Å². The fourth-order valence-corrected chi connectivity index (χ4v) is 3.22. The highest BCUT2D eigenvalue weighted by molar-refractivity contribution is 5.93. The molecule has 4 rings (SSSR count). The summed E-state index contributed by atoms with van der Waals surface area (Å²) < 4.78 is 1.74. The van der Waals surface area contributed by atoms with Crippen LogP contribution in [0.15, 0.2) is 42.5 Å². The van der Waals surface area contributed by atoms with E-state index < -0.39 is 0 Å². The Balaban J connectivity index is 1.49. The summed E-state index contributed by atoms with van der Waals surface area (Å²) in [7, 11) is 0. The summed E-state index contributed by atoms with van der Waals surface area (Å²) >= 11 is 0. The minimum Gasteiger partial charge on any atom is -0.354 e. The van der Waals surface area contributed by atoms with Crippen LogP contribution in [-0.4, -0.2) is 38.8 Å². The average Bonchev–Trinajstić information content (AvgIpc) is 3.03. The first-order chi connectivity index (χ1) is 12.2. The molecule has 7 heteroatoms. The minimum absolute atomic E-state index is 0.0477. The summed E-state index contributed by atoms with van der Waals surface area (Å²) in [6, 6.07) is 13.4. The minimum atomic E-state index is -0.0477. The van der Waals surface area contributed by atoms with Crippen LogP contribution in [0, 0.1) is 12.8 Å². The van der Waals surface area contributed by atoms with Gasteiger partial charge in [-0.05, 0) is 44.0 Å². The molecule has 0 saturated carbocycles. The van der Waals surface area contributed by atoms with Crippen molar-refractivity contribution in [2.24, 2.45) is 5.92 Å². The van der Waals surface area contributed by atoms with Crippen molar-refractivity contribution in [2.45, 2.75) is 19.8 Å². The standard InChI is InChI=1S/C18H20N6O/c1-13-20-21-16-9-10-17(22-24(13)16)23-11-5-6-14(12-23)18(25)19-15-7-3-2-4-8-15/h2-4,7-10,14H,5-6,11-12H2,1H3,(H,19,25). The number of anilines is 2. The second-order valence-corrected chi connectivity index (χ2v) is 6.35. The van der Waals surface area contributed by atoms with Crippen molar-refractivity contribution in [1.29, 1.82) is 0 Å². The molecule has 1 amide bonds. The van der Waals surface area contributed by atoms with E-state index in [9.17, 15) is 4.79 Å². The van der Waals surface area contributed by atoms with Gasteiger partial charge in [-0.25, -0.2) is 0 Å². The van der Waals surface area contributed by atoms with E-state index in [1.165, 1.54) is 0 Å². The molecule has 2 aromatic heterocycles. The topological polar surface area (TPSA) is 75.4 Å². The number of carbonyl (C=O) groups is 1. The highest BCUT2D eigenvalue weighted by atomic mass is 16.1. The summed E-state index contributed by atoms with van der Waals surface area (Å²) in [6.07, 6.45) is 1.86. The number of piperidine rings is 1. The van der Waals surface area contributed by atoms with Gasteiger partial charge in [-0.1, -0.05) is 18.2 Å². The van der Waals surface area contributed by atoms with Gasteiger partial charge in [0.15, 0.2) is 11.5 Å². The number of nitrogens with one attached hydrogen (secondary N) is 1. The van der Waals surface area contributed by atoms with Crippen LogP contribution in [0.2, 0.25) is 0 Å². The molecule has 0 aliphatic carbocycles. The largest absolute Gasteiger partial charge is 0.354 e. The fraction of sp³-hybridized carbons (Fsp3) is 0.333. The summed E-state index contributed by atoms with van der Waals surface area (Å²) in [6.45, 7) is 3.44. The van der Waals surface area contributed by atoms with E-state index in [1.54, 1.807) is 4.52 Å². The molecule has 1 saturated heterocycles. The van der Waals surface area contributed by atoms with E-state index in [0.29, 0.717) is 6.54 Å². The van der Waals surface area contributed by atoms with E-state index >= 15 is 0 Å². The lowest BCUT2D eigenvalue weighted by molar-refractivity contribution is -0.120. The third kappa shape index (κ3) is 3.17. The second-order valence-electron chi connectivity index (χ2n) is 6.35. The number of amides is 1. The van der Waals surface area contributed by atoms with Crippen molar-refractivity contribution in [3.63, 3.8) is 0 Å². The lowest BCUT2D eigenvalue weighted by Crippen LogP contribution is -2.41. The number of hydrogen-bond donors (Lipinski definition) is 1. The molecule has 128 valence electrons. The van der Waals surface area contributed by atoms with Crippen LogP contribution >= 0.6 is 0 Å². The zero-order valence-electron chi connectivity index (χ0n) is 14.1. The number of nitrogens with zero attached hydrogens (tertiary/aromatic N) is 5. The Labute approximate surface area is 145 Å². The first kappa shape index (κ1) is 15.6. The van der Waals surface area contributed by atoms with Gasteiger partial charge in [0.25, 0.3) is 0 Å². The van der Waals surface area contributed by atoms with Gasteiger partial charge in [-0.3, -0.25) is 4.79 Å². The molecule has 1 unspecified atom stereocenters. The molecule has 1 aliphatic rings. The maximum absolute atomic E-state index is 12.6. The van der Waals surface area contributed by atoms with Crippen LogP contribution < -0.4 is 10.2 Å². The summed E-state index contributed by atoms with van der Waals surface area (Å²) in [5, 5.41) is 15.7. The number of aromatic nitrogens is 4. The van der Waals surface area contributed by atoms with Crippen LogP contribution in [0.5, 0.6) is 0 Å². The number of rotatable bonds is 3. The lowest BCUT2D eigenvalue weighted by Gasteiger charge is -2.32. The number of carbonyl (C=O) groups excluding carboxylic acids is 1. The van der Waals surface area contributed by atoms with Crippen molar-refractivity contribution < 1.29 is 4.79 Å². The lowest BCUT2D eigenvalue weighted by atomic mass is 9.97. The summed E-state index contributed by atoms with van der Waals surface area (Å²) in [4.78, 5) is 14.8. The number of para-hydroxylation sites is 1. The Morgan fingerprint density at radius 2 is 2.00 bits per heavy atom. The summed E-state index contributed by atoms with van der Waals surface area (Å²) in [5.74, 6) is 1.63. The predicted molar refractivity (Wildman–Crippen MR) is 95.5 cm³/mol. The molecular weight excluding hydrogens is 316 g/mol. The van der Waals surface area contributed by atoms with Gasteiger partial charge in [-0.15, -0.1) is 15.3 Å². The number of benzene rings is 1. The molecule has 7 nitrogen and oxygen atoms in total. The molecule has 0 radical (unpaired) electrons. The third-order valence-corrected chi connectivity index (χ3v) is 4.56. The molecule has 0 bridgehead atoms. The van der Waals surface area contributed by atoms with Crippen molar-refractivity contribution in [1.82, 2.24) is 19.8 Å². The first-order valence-corrected chi connectivity index (χ1v) is 8.50. The van der Waals surface area contributed by atoms with E-state index in [1.807, 2.05) is 49.4 Å². The van der Waals surface area contributed by atoms with Crippen LogP contribution in [0.3, 0.4) is 0 Å². The Bertz CT molecular complexity index is 891. The highest BCUT2D eigenvalue weighted by Crippen LogP contribution is 2.23. The molecule has 1 N–H and O–H groups in total. The predicted octanol–water partition coefficient (Wildman–Crippen LogP) is 2.29. The molecule has 1 atom stereocenters. The van der Waals surface area contributed by atoms with E-state index in [0.717, 1.165) is 42.4 Å². The Morgan fingerprint density at radius 3 is 2.84 bits per heavy atom. The second kappa shape index (κ2) is 6.51. The van der Waals surface area contributed by atoms with Gasteiger partial charge in [0.1, 0.15) is 5.82 Å². The Kier molecular flexibility index (Phi) is 4.05. The van der Waals surface area contributed by atoms with Crippen molar-refractivity contribution in [3.8, 4) is 0 Å². The van der Waals surface area contributed by atoms with Crippen molar-refractivity contribution >= 4 is 23.1 Å². The average molecular weight is 336 g/mol. The monoisotopic (exact) mass is 336 g/mol. The first-order valence-electron chi connectivity index (χ1n) is 8.50. The molecule has 3 aromatic rings. The maximum Gasteiger partial charge on any atom is 0.229 e. The van der Waals surface area contributed by atoms with Gasteiger partial charge in [0, 0.05) is 18.8 Å². The van der Waals surface area contributed by atoms with E-state index in [4.69, 9.17) is 0 Å². The zero-order chi connectivity index (χ0) is 17.2. The normalized spacial score (nSPS) is 17.6. The highest BCUT2D eigenvalue weighted by Gasteiger charge is 2.27. The van der Waals surface area contributed by atoms with Gasteiger partial charge in [0.2, 0.25) is 5.91 Å². The van der Waals surface area contributed by atoms with Crippen molar-refractivity contribution in [3.05, 3.63) is 48.3 Å². The van der Waals surface area contributed by atoms with Crippen LogP contribution in [0.25, 0.3) is 5.65 Å². The third-order valence-electron chi connectivity index (χ3n) is 4.56.